The quantitative estimate of drug-likeness (QED) is 0.647. The highest BCUT2D eigenvalue weighted by Gasteiger charge is 2.04. The zero-order valence-corrected chi connectivity index (χ0v) is 11.9. The third kappa shape index (κ3) is 4.05. The van der Waals surface area contributed by atoms with E-state index in [1.807, 2.05) is 36.4 Å². The molecule has 19 heavy (non-hydrogen) atoms. The van der Waals surface area contributed by atoms with E-state index >= 15 is 0 Å². The van der Waals surface area contributed by atoms with Gasteiger partial charge in [0.05, 0.1) is 11.6 Å². The first-order valence-electron chi connectivity index (χ1n) is 6.08. The summed E-state index contributed by atoms with van der Waals surface area (Å²) in [6, 6.07) is 13.3. The topological polar surface area (TPSA) is 35.2 Å². The van der Waals surface area contributed by atoms with Gasteiger partial charge in [0.2, 0.25) is 0 Å². The highest BCUT2D eigenvalue weighted by Crippen LogP contribution is 2.31. The molecule has 4 heteroatoms. The largest absolute Gasteiger partial charge is 0.492 e. The highest BCUT2D eigenvalue weighted by molar-refractivity contribution is 6.42. The number of rotatable bonds is 5. The maximum Gasteiger partial charge on any atom is 0.139 e. The van der Waals surface area contributed by atoms with Crippen molar-refractivity contribution in [3.8, 4) is 5.75 Å². The lowest BCUT2D eigenvalue weighted by atomic mass is 10.1. The van der Waals surface area contributed by atoms with E-state index in [0.717, 1.165) is 18.5 Å². The number of halogens is 2. The summed E-state index contributed by atoms with van der Waals surface area (Å²) in [5.41, 5.74) is 7.66. The maximum absolute atomic E-state index is 6.04. The smallest absolute Gasteiger partial charge is 0.139 e. The lowest BCUT2D eigenvalue weighted by Gasteiger charge is -2.08. The van der Waals surface area contributed by atoms with Crippen molar-refractivity contribution in [2.45, 2.75) is 12.8 Å². The van der Waals surface area contributed by atoms with Crippen LogP contribution in [0.15, 0.2) is 42.5 Å². The molecule has 0 saturated heterocycles. The standard InChI is InChI=1S/C15H15Cl2NO/c16-13-4-1-5-14(15(13)17)19-10-2-3-11-6-8-12(18)9-7-11/h1,4-9H,2-3,10,18H2. The van der Waals surface area contributed by atoms with Gasteiger partial charge in [-0.3, -0.25) is 0 Å². The number of nitrogens with two attached hydrogens (primary N) is 1. The zero-order valence-electron chi connectivity index (χ0n) is 10.4. The number of anilines is 1. The molecule has 2 N–H and O–H groups in total. The van der Waals surface area contributed by atoms with E-state index in [0.29, 0.717) is 22.4 Å². The number of hydrogen-bond donors (Lipinski definition) is 1. The van der Waals surface area contributed by atoms with Crippen LogP contribution in [-0.4, -0.2) is 6.61 Å². The van der Waals surface area contributed by atoms with Gasteiger partial charge in [-0.05, 0) is 42.7 Å². The number of aryl methyl sites for hydroxylation is 1. The monoisotopic (exact) mass is 295 g/mol. The fourth-order valence-corrected chi connectivity index (χ4v) is 2.08. The highest BCUT2D eigenvalue weighted by atomic mass is 35.5. The third-order valence-electron chi connectivity index (χ3n) is 2.76. The van der Waals surface area contributed by atoms with Crippen molar-refractivity contribution in [3.05, 3.63) is 58.1 Å². The van der Waals surface area contributed by atoms with Gasteiger partial charge in [-0.2, -0.15) is 0 Å². The fourth-order valence-electron chi connectivity index (χ4n) is 1.74. The van der Waals surface area contributed by atoms with E-state index in [9.17, 15) is 0 Å². The summed E-state index contributed by atoms with van der Waals surface area (Å²) in [5, 5.41) is 0.981. The third-order valence-corrected chi connectivity index (χ3v) is 3.56. The van der Waals surface area contributed by atoms with Gasteiger partial charge in [-0.25, -0.2) is 0 Å². The first kappa shape index (κ1) is 14.0. The summed E-state index contributed by atoms with van der Waals surface area (Å²) in [4.78, 5) is 0. The number of nitrogen functional groups attached to an aromatic ring is 1. The molecule has 0 aliphatic rings. The summed E-state index contributed by atoms with van der Waals surface area (Å²) >= 11 is 11.9. The normalized spacial score (nSPS) is 10.4. The van der Waals surface area contributed by atoms with Crippen LogP contribution >= 0.6 is 23.2 Å². The molecule has 0 aliphatic carbocycles. The molecule has 2 rings (SSSR count). The summed E-state index contributed by atoms with van der Waals surface area (Å²) in [6.45, 7) is 0.602. The van der Waals surface area contributed by atoms with Crippen molar-refractivity contribution < 1.29 is 4.74 Å². The first-order chi connectivity index (χ1) is 9.16. The molecular formula is C15H15Cl2NO. The van der Waals surface area contributed by atoms with Gasteiger partial charge in [-0.15, -0.1) is 0 Å². The summed E-state index contributed by atoms with van der Waals surface area (Å²) in [7, 11) is 0. The van der Waals surface area contributed by atoms with Gasteiger partial charge in [0.15, 0.2) is 0 Å². The van der Waals surface area contributed by atoms with Gasteiger partial charge in [-0.1, -0.05) is 41.4 Å². The van der Waals surface area contributed by atoms with Crippen LogP contribution < -0.4 is 10.5 Å². The molecule has 0 saturated carbocycles. The molecule has 0 spiro atoms. The summed E-state index contributed by atoms with van der Waals surface area (Å²) in [5.74, 6) is 0.631. The molecule has 0 heterocycles. The van der Waals surface area contributed by atoms with Crippen molar-refractivity contribution in [2.75, 3.05) is 12.3 Å². The van der Waals surface area contributed by atoms with Crippen LogP contribution in [0.2, 0.25) is 10.0 Å². The predicted molar refractivity (Wildman–Crippen MR) is 81.1 cm³/mol. The second kappa shape index (κ2) is 6.69. The first-order valence-corrected chi connectivity index (χ1v) is 6.83. The van der Waals surface area contributed by atoms with Crippen LogP contribution in [0.4, 0.5) is 5.69 Å². The Balaban J connectivity index is 1.81. The summed E-state index contributed by atoms with van der Waals surface area (Å²) in [6.07, 6.45) is 1.85. The van der Waals surface area contributed by atoms with Crippen LogP contribution in [0, 0.1) is 0 Å². The van der Waals surface area contributed by atoms with Crippen molar-refractivity contribution in [1.82, 2.24) is 0 Å². The molecule has 0 fully saturated rings. The van der Waals surface area contributed by atoms with Gasteiger partial charge in [0.1, 0.15) is 10.8 Å². The predicted octanol–water partition coefficient (Wildman–Crippen LogP) is 4.59. The van der Waals surface area contributed by atoms with Crippen molar-refractivity contribution in [1.29, 1.82) is 0 Å². The molecule has 2 aromatic rings. The lowest BCUT2D eigenvalue weighted by molar-refractivity contribution is 0.311. The molecule has 0 aliphatic heterocycles. The van der Waals surface area contributed by atoms with Crippen LogP contribution in [-0.2, 0) is 6.42 Å². The number of hydrogen-bond acceptors (Lipinski definition) is 2. The molecule has 100 valence electrons. The van der Waals surface area contributed by atoms with E-state index < -0.39 is 0 Å². The van der Waals surface area contributed by atoms with Gasteiger partial charge < -0.3 is 10.5 Å². The average molecular weight is 296 g/mol. The Bertz CT molecular complexity index is 540. The lowest BCUT2D eigenvalue weighted by Crippen LogP contribution is -2.00. The number of benzene rings is 2. The molecule has 0 aromatic heterocycles. The Hall–Kier alpha value is -1.38. The molecule has 0 amide bonds. The van der Waals surface area contributed by atoms with Gasteiger partial charge >= 0.3 is 0 Å². The Kier molecular flexibility index (Phi) is 4.94. The minimum atomic E-state index is 0.469. The van der Waals surface area contributed by atoms with E-state index in [2.05, 4.69) is 0 Å². The molecular weight excluding hydrogens is 281 g/mol. The van der Waals surface area contributed by atoms with Gasteiger partial charge in [0.25, 0.3) is 0 Å². The summed E-state index contributed by atoms with van der Waals surface area (Å²) < 4.78 is 5.62. The molecule has 0 atom stereocenters. The van der Waals surface area contributed by atoms with Crippen LogP contribution in [0.5, 0.6) is 5.75 Å². The minimum Gasteiger partial charge on any atom is -0.492 e. The molecule has 0 unspecified atom stereocenters. The fraction of sp³-hybridized carbons (Fsp3) is 0.200. The molecule has 0 radical (unpaired) electrons. The molecule has 2 aromatic carbocycles. The second-order valence-electron chi connectivity index (χ2n) is 4.25. The number of ether oxygens (including phenoxy) is 1. The Morgan fingerprint density at radius 3 is 2.47 bits per heavy atom. The van der Waals surface area contributed by atoms with Crippen LogP contribution in [0.3, 0.4) is 0 Å². The van der Waals surface area contributed by atoms with Crippen molar-refractivity contribution >= 4 is 28.9 Å². The zero-order chi connectivity index (χ0) is 13.7. The Morgan fingerprint density at radius 2 is 1.74 bits per heavy atom. The van der Waals surface area contributed by atoms with Gasteiger partial charge in [0, 0.05) is 5.69 Å². The Morgan fingerprint density at radius 1 is 1.00 bits per heavy atom. The van der Waals surface area contributed by atoms with Crippen molar-refractivity contribution in [3.63, 3.8) is 0 Å². The maximum atomic E-state index is 6.04. The van der Waals surface area contributed by atoms with E-state index in [-0.39, 0.29) is 0 Å². The average Bonchev–Trinajstić information content (AvgIpc) is 2.41. The Labute approximate surface area is 123 Å². The minimum absolute atomic E-state index is 0.469. The van der Waals surface area contributed by atoms with Crippen LogP contribution in [0.1, 0.15) is 12.0 Å². The van der Waals surface area contributed by atoms with E-state index in [1.54, 1.807) is 6.07 Å². The SMILES string of the molecule is Nc1ccc(CCCOc2cccc(Cl)c2Cl)cc1. The van der Waals surface area contributed by atoms with E-state index in [4.69, 9.17) is 33.7 Å². The molecule has 2 nitrogen and oxygen atoms in total. The van der Waals surface area contributed by atoms with Crippen LogP contribution in [0.25, 0.3) is 0 Å². The second-order valence-corrected chi connectivity index (χ2v) is 5.03. The van der Waals surface area contributed by atoms with Crippen molar-refractivity contribution in [2.24, 2.45) is 0 Å². The molecule has 0 bridgehead atoms. The van der Waals surface area contributed by atoms with E-state index in [1.165, 1.54) is 5.56 Å².